The predicted octanol–water partition coefficient (Wildman–Crippen LogP) is 9.22. The van der Waals surface area contributed by atoms with Crippen LogP contribution in [0.4, 0.5) is 0 Å². The summed E-state index contributed by atoms with van der Waals surface area (Å²) < 4.78 is 2.00. The minimum atomic E-state index is 0.867. The van der Waals surface area contributed by atoms with Crippen molar-refractivity contribution in [3.05, 3.63) is 134 Å². The number of benzene rings is 5. The van der Waals surface area contributed by atoms with Gasteiger partial charge in [-0.25, -0.2) is 9.50 Å². The maximum Gasteiger partial charge on any atom is 0.0973 e. The minimum absolute atomic E-state index is 0.867. The summed E-state index contributed by atoms with van der Waals surface area (Å²) in [6.45, 7) is 0. The highest BCUT2D eigenvalue weighted by molar-refractivity contribution is 6.18. The van der Waals surface area contributed by atoms with Gasteiger partial charge >= 0.3 is 0 Å². The maximum atomic E-state index is 5.22. The largest absolute Gasteiger partial charge is 0.254 e. The van der Waals surface area contributed by atoms with Gasteiger partial charge < -0.3 is 0 Å². The molecule has 0 saturated heterocycles. The molecular weight excluding hydrogens is 500 g/mol. The van der Waals surface area contributed by atoms with Crippen molar-refractivity contribution in [3.8, 4) is 22.5 Å². The van der Waals surface area contributed by atoms with Gasteiger partial charge in [-0.3, -0.25) is 4.98 Å². The molecule has 0 radical (unpaired) electrons. The van der Waals surface area contributed by atoms with Crippen molar-refractivity contribution < 1.29 is 0 Å². The second-order valence-electron chi connectivity index (χ2n) is 10.5. The van der Waals surface area contributed by atoms with Crippen LogP contribution >= 0.6 is 0 Å². The number of hydrogen-bond donors (Lipinski definition) is 0. The molecule has 0 fully saturated rings. The molecule has 0 unspecified atom stereocenters. The van der Waals surface area contributed by atoms with Gasteiger partial charge in [0.1, 0.15) is 0 Å². The van der Waals surface area contributed by atoms with Gasteiger partial charge in [-0.15, -0.1) is 0 Å². The van der Waals surface area contributed by atoms with Crippen LogP contribution < -0.4 is 0 Å². The van der Waals surface area contributed by atoms with Crippen LogP contribution in [0.25, 0.3) is 82.3 Å². The standard InChI is InChI=1S/C37H22N4/c1-2-10-25-23(9-1)21-30(27-12-4-3-11-26(25)27)31-22-24-18-19-33(39-36(24)37-28(31)14-8-20-38-37)35-17-7-16-34-29-13-5-6-15-32(29)40-41(34)35/h1-22H. The molecule has 0 spiro atoms. The van der Waals surface area contributed by atoms with E-state index in [1.807, 2.05) is 22.8 Å². The smallest absolute Gasteiger partial charge is 0.0973 e. The molecule has 41 heavy (non-hydrogen) atoms. The Morgan fingerprint density at radius 1 is 0.488 bits per heavy atom. The molecule has 4 aromatic heterocycles. The van der Waals surface area contributed by atoms with Crippen LogP contribution in [0.1, 0.15) is 0 Å². The summed E-state index contributed by atoms with van der Waals surface area (Å²) in [7, 11) is 0. The highest BCUT2D eigenvalue weighted by atomic mass is 15.2. The minimum Gasteiger partial charge on any atom is -0.254 e. The third kappa shape index (κ3) is 3.25. The zero-order valence-electron chi connectivity index (χ0n) is 22.0. The Bertz CT molecular complexity index is 2490. The lowest BCUT2D eigenvalue weighted by molar-refractivity contribution is 0.984. The number of hydrogen-bond acceptors (Lipinski definition) is 3. The number of nitrogens with zero attached hydrogens (tertiary/aromatic N) is 4. The lowest BCUT2D eigenvalue weighted by Crippen LogP contribution is -1.97. The summed E-state index contributed by atoms with van der Waals surface area (Å²) in [4.78, 5) is 10.1. The van der Waals surface area contributed by atoms with Crippen molar-refractivity contribution in [2.24, 2.45) is 0 Å². The summed E-state index contributed by atoms with van der Waals surface area (Å²) in [6.07, 6.45) is 1.86. The summed E-state index contributed by atoms with van der Waals surface area (Å²) in [5.41, 5.74) is 8.02. The summed E-state index contributed by atoms with van der Waals surface area (Å²) in [5.74, 6) is 0. The quantitative estimate of drug-likeness (QED) is 0.213. The average molecular weight is 523 g/mol. The van der Waals surface area contributed by atoms with E-state index in [-0.39, 0.29) is 0 Å². The Balaban J connectivity index is 1.33. The topological polar surface area (TPSA) is 43.1 Å². The van der Waals surface area contributed by atoms with E-state index in [0.29, 0.717) is 0 Å². The van der Waals surface area contributed by atoms with E-state index in [1.54, 1.807) is 0 Å². The van der Waals surface area contributed by atoms with Crippen molar-refractivity contribution in [1.29, 1.82) is 0 Å². The van der Waals surface area contributed by atoms with Crippen LogP contribution in [0.2, 0.25) is 0 Å². The Kier molecular flexibility index (Phi) is 4.58. The number of aromatic nitrogens is 4. The zero-order chi connectivity index (χ0) is 26.9. The SMILES string of the molecule is c1ccc2c(c1)cc(-c1cc3ccc(-c4cccc5c6ccccc6nn45)nc3c3ncccc13)c1ccccc12. The Morgan fingerprint density at radius 3 is 2.15 bits per heavy atom. The van der Waals surface area contributed by atoms with Gasteiger partial charge in [0, 0.05) is 22.4 Å². The Morgan fingerprint density at radius 2 is 1.22 bits per heavy atom. The van der Waals surface area contributed by atoms with Crippen LogP contribution in [0.5, 0.6) is 0 Å². The van der Waals surface area contributed by atoms with E-state index >= 15 is 0 Å². The molecule has 0 saturated carbocycles. The molecule has 0 amide bonds. The van der Waals surface area contributed by atoms with Gasteiger partial charge in [0.15, 0.2) is 0 Å². The van der Waals surface area contributed by atoms with Gasteiger partial charge in [-0.1, -0.05) is 84.9 Å². The Hall–Kier alpha value is -5.61. The molecule has 0 aliphatic heterocycles. The van der Waals surface area contributed by atoms with Crippen molar-refractivity contribution in [2.75, 3.05) is 0 Å². The zero-order valence-corrected chi connectivity index (χ0v) is 22.0. The lowest BCUT2D eigenvalue weighted by atomic mass is 9.90. The average Bonchev–Trinajstić information content (AvgIpc) is 3.43. The Labute approximate surface area is 235 Å². The highest BCUT2D eigenvalue weighted by Crippen LogP contribution is 2.40. The lowest BCUT2D eigenvalue weighted by Gasteiger charge is -2.15. The van der Waals surface area contributed by atoms with E-state index in [2.05, 4.69) is 115 Å². The first-order chi connectivity index (χ1) is 20.3. The van der Waals surface area contributed by atoms with Crippen molar-refractivity contribution in [3.63, 3.8) is 0 Å². The second-order valence-corrected chi connectivity index (χ2v) is 10.5. The molecule has 9 aromatic rings. The van der Waals surface area contributed by atoms with Gasteiger partial charge in [-0.2, -0.15) is 5.10 Å². The summed E-state index contributed by atoms with van der Waals surface area (Å²) in [5, 5.41) is 13.2. The third-order valence-corrected chi connectivity index (χ3v) is 8.22. The molecule has 4 nitrogen and oxygen atoms in total. The second kappa shape index (κ2) is 8.44. The first kappa shape index (κ1) is 22.2. The predicted molar refractivity (Wildman–Crippen MR) is 169 cm³/mol. The van der Waals surface area contributed by atoms with E-state index in [9.17, 15) is 0 Å². The van der Waals surface area contributed by atoms with Crippen molar-refractivity contribution in [2.45, 2.75) is 0 Å². The summed E-state index contributed by atoms with van der Waals surface area (Å²) >= 11 is 0. The molecule has 5 aromatic carbocycles. The normalized spacial score (nSPS) is 11.9. The monoisotopic (exact) mass is 522 g/mol. The van der Waals surface area contributed by atoms with Crippen LogP contribution in [-0.2, 0) is 0 Å². The fraction of sp³-hybridized carbons (Fsp3) is 0. The molecule has 0 bridgehead atoms. The van der Waals surface area contributed by atoms with Crippen molar-refractivity contribution >= 4 is 59.8 Å². The van der Waals surface area contributed by atoms with Crippen LogP contribution in [0.3, 0.4) is 0 Å². The molecule has 9 rings (SSSR count). The fourth-order valence-corrected chi connectivity index (χ4v) is 6.36. The highest BCUT2D eigenvalue weighted by Gasteiger charge is 2.16. The molecule has 0 aliphatic carbocycles. The van der Waals surface area contributed by atoms with Crippen molar-refractivity contribution in [1.82, 2.24) is 19.6 Å². The van der Waals surface area contributed by atoms with E-state index in [1.165, 1.54) is 27.1 Å². The van der Waals surface area contributed by atoms with E-state index < -0.39 is 0 Å². The van der Waals surface area contributed by atoms with Gasteiger partial charge in [0.2, 0.25) is 0 Å². The van der Waals surface area contributed by atoms with E-state index in [0.717, 1.165) is 55.2 Å². The van der Waals surface area contributed by atoms with E-state index in [4.69, 9.17) is 15.1 Å². The number of pyridine rings is 3. The van der Waals surface area contributed by atoms with Gasteiger partial charge in [0.05, 0.1) is 33.5 Å². The molecule has 4 heterocycles. The number of rotatable bonds is 2. The first-order valence-corrected chi connectivity index (χ1v) is 13.8. The number of fused-ring (bicyclic) bond motifs is 9. The van der Waals surface area contributed by atoms with Gasteiger partial charge in [-0.05, 0) is 75.1 Å². The molecular formula is C37H22N4. The molecule has 190 valence electrons. The molecule has 4 heteroatoms. The first-order valence-electron chi connectivity index (χ1n) is 13.8. The van der Waals surface area contributed by atoms with Crippen LogP contribution in [-0.4, -0.2) is 19.6 Å². The summed E-state index contributed by atoms with van der Waals surface area (Å²) in [6, 6.07) is 44.8. The molecule has 0 N–H and O–H groups in total. The third-order valence-electron chi connectivity index (χ3n) is 8.22. The van der Waals surface area contributed by atoms with Crippen LogP contribution in [0.15, 0.2) is 134 Å². The van der Waals surface area contributed by atoms with Gasteiger partial charge in [0.25, 0.3) is 0 Å². The maximum absolute atomic E-state index is 5.22. The fourth-order valence-electron chi connectivity index (χ4n) is 6.36. The molecule has 0 atom stereocenters. The molecule has 0 aliphatic rings. The van der Waals surface area contributed by atoms with Crippen LogP contribution in [0, 0.1) is 0 Å².